The van der Waals surface area contributed by atoms with E-state index in [1.165, 1.54) is 6.20 Å². The number of nitrogens with one attached hydrogen (secondary N) is 1. The Morgan fingerprint density at radius 2 is 1.74 bits per heavy atom. The first-order valence-electron chi connectivity index (χ1n) is 9.66. The number of hydrogen-bond donors (Lipinski definition) is 2. The van der Waals surface area contributed by atoms with E-state index in [1.807, 2.05) is 25.1 Å². The molecule has 9 heteroatoms. The molecule has 0 fully saturated rings. The van der Waals surface area contributed by atoms with Crippen molar-refractivity contribution in [3.8, 4) is 11.3 Å². The minimum atomic E-state index is -3.46. The SMILES string of the molecule is C[C@@H](CN(C)C)S(=O)(=O)c1ccc(-c2cnc(N)c(C(=O)Nc3ccccc3)n2)cc1. The Labute approximate surface area is 182 Å². The summed E-state index contributed by atoms with van der Waals surface area (Å²) in [7, 11) is 0.210. The molecule has 0 saturated carbocycles. The number of hydrogen-bond acceptors (Lipinski definition) is 7. The highest BCUT2D eigenvalue weighted by atomic mass is 32.2. The molecular formula is C22H25N5O3S. The van der Waals surface area contributed by atoms with E-state index in [1.54, 1.807) is 55.5 Å². The predicted molar refractivity (Wildman–Crippen MR) is 121 cm³/mol. The normalized spacial score (nSPS) is 12.5. The third-order valence-corrected chi connectivity index (χ3v) is 6.82. The molecule has 0 spiro atoms. The summed E-state index contributed by atoms with van der Waals surface area (Å²) >= 11 is 0. The molecule has 1 aromatic heterocycles. The third kappa shape index (κ3) is 5.25. The highest BCUT2D eigenvalue weighted by molar-refractivity contribution is 7.92. The number of aromatic nitrogens is 2. The molecule has 8 nitrogen and oxygen atoms in total. The van der Waals surface area contributed by atoms with Gasteiger partial charge in [0.1, 0.15) is 0 Å². The Bertz CT molecular complexity index is 1160. The molecule has 0 saturated heterocycles. The van der Waals surface area contributed by atoms with Crippen LogP contribution in [0.25, 0.3) is 11.3 Å². The van der Waals surface area contributed by atoms with Gasteiger partial charge in [-0.2, -0.15) is 0 Å². The summed E-state index contributed by atoms with van der Waals surface area (Å²) in [5.74, 6) is -0.469. The fourth-order valence-electron chi connectivity index (χ4n) is 3.08. The summed E-state index contributed by atoms with van der Waals surface area (Å²) in [4.78, 5) is 23.1. The number of nitrogen functional groups attached to an aromatic ring is 1. The zero-order chi connectivity index (χ0) is 22.6. The zero-order valence-corrected chi connectivity index (χ0v) is 18.4. The van der Waals surface area contributed by atoms with Gasteiger partial charge in [0, 0.05) is 17.8 Å². The number of rotatable bonds is 7. The summed E-state index contributed by atoms with van der Waals surface area (Å²) in [6.45, 7) is 2.11. The van der Waals surface area contributed by atoms with Crippen molar-refractivity contribution in [1.29, 1.82) is 0 Å². The maximum Gasteiger partial charge on any atom is 0.278 e. The Balaban J connectivity index is 1.85. The lowest BCUT2D eigenvalue weighted by Crippen LogP contribution is -2.30. The van der Waals surface area contributed by atoms with Gasteiger partial charge >= 0.3 is 0 Å². The smallest absolute Gasteiger partial charge is 0.278 e. The first kappa shape index (κ1) is 22.4. The minimum Gasteiger partial charge on any atom is -0.382 e. The molecule has 0 radical (unpaired) electrons. The third-order valence-electron chi connectivity index (χ3n) is 4.68. The second-order valence-electron chi connectivity index (χ2n) is 7.45. The van der Waals surface area contributed by atoms with Crippen molar-refractivity contribution in [3.63, 3.8) is 0 Å². The van der Waals surface area contributed by atoms with Gasteiger partial charge in [0.2, 0.25) is 0 Å². The van der Waals surface area contributed by atoms with Crippen LogP contribution in [0.1, 0.15) is 17.4 Å². The van der Waals surface area contributed by atoms with Crippen LogP contribution in [-0.4, -0.2) is 55.1 Å². The molecule has 3 rings (SSSR count). The van der Waals surface area contributed by atoms with Gasteiger partial charge in [-0.25, -0.2) is 18.4 Å². The number of nitrogens with zero attached hydrogens (tertiary/aromatic N) is 3. The van der Waals surface area contributed by atoms with Crippen molar-refractivity contribution >= 4 is 27.2 Å². The van der Waals surface area contributed by atoms with E-state index in [0.29, 0.717) is 23.5 Å². The number of amides is 1. The Hall–Kier alpha value is -3.30. The fraction of sp³-hybridized carbons (Fsp3) is 0.227. The number of benzene rings is 2. The van der Waals surface area contributed by atoms with Crippen LogP contribution in [0.5, 0.6) is 0 Å². The number of para-hydroxylation sites is 1. The molecule has 1 amide bonds. The van der Waals surface area contributed by atoms with Crippen LogP contribution in [0.3, 0.4) is 0 Å². The van der Waals surface area contributed by atoms with Crippen molar-refractivity contribution in [1.82, 2.24) is 14.9 Å². The number of carbonyl (C=O) groups excluding carboxylic acids is 1. The highest BCUT2D eigenvalue weighted by Crippen LogP contribution is 2.23. The zero-order valence-electron chi connectivity index (χ0n) is 17.6. The van der Waals surface area contributed by atoms with E-state index >= 15 is 0 Å². The monoisotopic (exact) mass is 439 g/mol. The lowest BCUT2D eigenvalue weighted by Gasteiger charge is -2.17. The van der Waals surface area contributed by atoms with Crippen molar-refractivity contribution < 1.29 is 13.2 Å². The topological polar surface area (TPSA) is 118 Å². The van der Waals surface area contributed by atoms with Crippen molar-refractivity contribution in [2.24, 2.45) is 0 Å². The molecule has 0 aliphatic rings. The van der Waals surface area contributed by atoms with Gasteiger partial charge in [0.15, 0.2) is 21.3 Å². The van der Waals surface area contributed by atoms with Gasteiger partial charge in [0.25, 0.3) is 5.91 Å². The molecule has 162 valence electrons. The van der Waals surface area contributed by atoms with Gasteiger partial charge in [-0.15, -0.1) is 0 Å². The van der Waals surface area contributed by atoms with E-state index in [9.17, 15) is 13.2 Å². The second-order valence-corrected chi connectivity index (χ2v) is 9.82. The molecule has 3 aromatic rings. The number of anilines is 2. The van der Waals surface area contributed by atoms with Crippen LogP contribution in [0.15, 0.2) is 65.7 Å². The second kappa shape index (κ2) is 9.23. The number of nitrogens with two attached hydrogens (primary N) is 1. The van der Waals surface area contributed by atoms with E-state index in [4.69, 9.17) is 5.73 Å². The highest BCUT2D eigenvalue weighted by Gasteiger charge is 2.24. The number of sulfone groups is 1. The van der Waals surface area contributed by atoms with Crippen LogP contribution in [-0.2, 0) is 9.84 Å². The predicted octanol–water partition coefficient (Wildman–Crippen LogP) is 2.70. The van der Waals surface area contributed by atoms with E-state index in [2.05, 4.69) is 15.3 Å². The largest absolute Gasteiger partial charge is 0.382 e. The molecule has 0 bridgehead atoms. The molecule has 0 unspecified atom stereocenters. The molecule has 1 heterocycles. The first-order chi connectivity index (χ1) is 14.7. The molecule has 0 aliphatic heterocycles. The van der Waals surface area contributed by atoms with Crippen LogP contribution < -0.4 is 11.1 Å². The standard InChI is InChI=1S/C22H25N5O3S/c1-15(14-27(2)3)31(29,30)18-11-9-16(10-12-18)19-13-24-21(23)20(26-19)22(28)25-17-7-5-4-6-8-17/h4-13,15H,14H2,1-3H3,(H2,23,24)(H,25,28)/t15-/m0/s1. The van der Waals surface area contributed by atoms with Crippen LogP contribution >= 0.6 is 0 Å². The van der Waals surface area contributed by atoms with E-state index < -0.39 is 21.0 Å². The lowest BCUT2D eigenvalue weighted by atomic mass is 10.1. The van der Waals surface area contributed by atoms with Crippen molar-refractivity contribution in [2.75, 3.05) is 31.7 Å². The summed E-state index contributed by atoms with van der Waals surface area (Å²) in [5.41, 5.74) is 7.51. The molecule has 0 aliphatic carbocycles. The Kier molecular flexibility index (Phi) is 6.67. The fourth-order valence-corrected chi connectivity index (χ4v) is 4.55. The molecular weight excluding hydrogens is 414 g/mol. The molecule has 3 N–H and O–H groups in total. The molecule has 1 atom stereocenters. The van der Waals surface area contributed by atoms with Crippen molar-refractivity contribution in [2.45, 2.75) is 17.1 Å². The maximum absolute atomic E-state index is 12.8. The average molecular weight is 440 g/mol. The van der Waals surface area contributed by atoms with Crippen LogP contribution in [0.4, 0.5) is 11.5 Å². The minimum absolute atomic E-state index is 0.00217. The summed E-state index contributed by atoms with van der Waals surface area (Å²) in [5, 5.41) is 2.19. The van der Waals surface area contributed by atoms with Crippen molar-refractivity contribution in [3.05, 3.63) is 66.5 Å². The van der Waals surface area contributed by atoms with Crippen LogP contribution in [0.2, 0.25) is 0 Å². The van der Waals surface area contributed by atoms with E-state index in [-0.39, 0.29) is 16.4 Å². The maximum atomic E-state index is 12.8. The van der Waals surface area contributed by atoms with Gasteiger partial charge in [-0.1, -0.05) is 30.3 Å². The quantitative estimate of drug-likeness (QED) is 0.581. The van der Waals surface area contributed by atoms with Crippen LogP contribution in [0, 0.1) is 0 Å². The first-order valence-corrected chi connectivity index (χ1v) is 11.2. The summed E-state index contributed by atoms with van der Waals surface area (Å²) in [6, 6.07) is 15.3. The number of carbonyl (C=O) groups is 1. The van der Waals surface area contributed by atoms with E-state index in [0.717, 1.165) is 0 Å². The van der Waals surface area contributed by atoms with Gasteiger partial charge < -0.3 is 16.0 Å². The average Bonchev–Trinajstić information content (AvgIpc) is 2.74. The summed E-state index contributed by atoms with van der Waals surface area (Å²) in [6.07, 6.45) is 1.45. The Morgan fingerprint density at radius 1 is 1.10 bits per heavy atom. The van der Waals surface area contributed by atoms with Gasteiger partial charge in [0.05, 0.1) is 22.0 Å². The summed E-state index contributed by atoms with van der Waals surface area (Å²) < 4.78 is 25.5. The van der Waals surface area contributed by atoms with Gasteiger partial charge in [-0.3, -0.25) is 4.79 Å². The lowest BCUT2D eigenvalue weighted by molar-refractivity contribution is 0.102. The van der Waals surface area contributed by atoms with Gasteiger partial charge in [-0.05, 0) is 45.3 Å². The Morgan fingerprint density at radius 3 is 2.35 bits per heavy atom. The molecule has 31 heavy (non-hydrogen) atoms. The molecule has 2 aromatic carbocycles.